The Kier molecular flexibility index (Phi) is 4.52. The lowest BCUT2D eigenvalue weighted by atomic mass is 10.2. The van der Waals surface area contributed by atoms with E-state index in [-0.39, 0.29) is 5.91 Å². The number of nitrogens with zero attached hydrogens (tertiary/aromatic N) is 4. The fourth-order valence-corrected chi connectivity index (χ4v) is 2.54. The minimum absolute atomic E-state index is 0.175. The second-order valence-corrected chi connectivity index (χ2v) is 5.38. The van der Waals surface area contributed by atoms with Gasteiger partial charge in [0.05, 0.1) is 5.56 Å². The molecule has 0 aliphatic heterocycles. The molecule has 7 heteroatoms. The lowest BCUT2D eigenvalue weighted by Crippen LogP contribution is -2.26. The van der Waals surface area contributed by atoms with E-state index in [4.69, 9.17) is 11.6 Å². The van der Waals surface area contributed by atoms with Crippen molar-refractivity contribution in [2.45, 2.75) is 19.9 Å². The molecule has 3 rings (SSSR count). The fourth-order valence-electron chi connectivity index (χ4n) is 2.43. The quantitative estimate of drug-likeness (QED) is 0.730. The Morgan fingerprint density at radius 3 is 2.91 bits per heavy atom. The van der Waals surface area contributed by atoms with Crippen molar-refractivity contribution < 1.29 is 4.79 Å². The first kappa shape index (κ1) is 15.4. The first-order chi connectivity index (χ1) is 11.2. The van der Waals surface area contributed by atoms with Gasteiger partial charge in [-0.2, -0.15) is 0 Å². The minimum Gasteiger partial charge on any atom is -0.352 e. The predicted octanol–water partition coefficient (Wildman–Crippen LogP) is 2.47. The highest BCUT2D eigenvalue weighted by atomic mass is 35.5. The molecule has 23 heavy (non-hydrogen) atoms. The fraction of sp³-hybridized carbons (Fsp3) is 0.250. The third-order valence-corrected chi connectivity index (χ3v) is 3.75. The molecule has 0 atom stereocenters. The second-order valence-electron chi connectivity index (χ2n) is 4.99. The normalized spacial score (nSPS) is 10.9. The van der Waals surface area contributed by atoms with Crippen LogP contribution in [-0.2, 0) is 13.0 Å². The number of fused-ring (bicyclic) bond motifs is 1. The van der Waals surface area contributed by atoms with Gasteiger partial charge in [0.2, 0.25) is 0 Å². The molecule has 0 bridgehead atoms. The molecule has 0 fully saturated rings. The summed E-state index contributed by atoms with van der Waals surface area (Å²) in [6, 6.07) is 7.05. The van der Waals surface area contributed by atoms with Crippen molar-refractivity contribution in [2.75, 3.05) is 6.54 Å². The number of aromatic nitrogens is 4. The van der Waals surface area contributed by atoms with Crippen LogP contribution in [0.15, 0.2) is 36.7 Å². The lowest BCUT2D eigenvalue weighted by molar-refractivity contribution is 0.0953. The van der Waals surface area contributed by atoms with Gasteiger partial charge in [0, 0.05) is 31.9 Å². The number of amides is 1. The van der Waals surface area contributed by atoms with E-state index in [9.17, 15) is 4.79 Å². The SMILES string of the molecule is CCn1c(CCNC(=O)c2ccc(Cl)nc2)nc2cccnc21. The van der Waals surface area contributed by atoms with Gasteiger partial charge in [-0.15, -0.1) is 0 Å². The van der Waals surface area contributed by atoms with Gasteiger partial charge in [0.15, 0.2) is 5.65 Å². The Balaban J connectivity index is 1.66. The van der Waals surface area contributed by atoms with Crippen molar-refractivity contribution in [3.63, 3.8) is 0 Å². The molecule has 0 aromatic carbocycles. The molecule has 118 valence electrons. The Labute approximate surface area is 138 Å². The van der Waals surface area contributed by atoms with Crippen molar-refractivity contribution in [3.05, 3.63) is 53.2 Å². The highest BCUT2D eigenvalue weighted by Crippen LogP contribution is 2.13. The van der Waals surface area contributed by atoms with Crippen LogP contribution in [0, 0.1) is 0 Å². The highest BCUT2D eigenvalue weighted by Gasteiger charge is 2.11. The average molecular weight is 330 g/mol. The molecule has 3 aromatic rings. The van der Waals surface area contributed by atoms with E-state index in [0.717, 1.165) is 23.5 Å². The van der Waals surface area contributed by atoms with Gasteiger partial charge < -0.3 is 9.88 Å². The average Bonchev–Trinajstić information content (AvgIpc) is 2.92. The third kappa shape index (κ3) is 3.32. The zero-order valence-corrected chi connectivity index (χ0v) is 13.4. The highest BCUT2D eigenvalue weighted by molar-refractivity contribution is 6.29. The van der Waals surface area contributed by atoms with Crippen LogP contribution in [0.1, 0.15) is 23.1 Å². The lowest BCUT2D eigenvalue weighted by Gasteiger charge is -2.07. The molecule has 0 aliphatic rings. The summed E-state index contributed by atoms with van der Waals surface area (Å²) in [5, 5.41) is 3.23. The van der Waals surface area contributed by atoms with Gasteiger partial charge in [0.1, 0.15) is 16.5 Å². The number of imidazole rings is 1. The summed E-state index contributed by atoms with van der Waals surface area (Å²) < 4.78 is 2.06. The number of hydrogen-bond acceptors (Lipinski definition) is 4. The summed E-state index contributed by atoms with van der Waals surface area (Å²) in [4.78, 5) is 24.9. The van der Waals surface area contributed by atoms with Crippen LogP contribution in [0.4, 0.5) is 0 Å². The molecule has 0 saturated carbocycles. The van der Waals surface area contributed by atoms with Crippen molar-refractivity contribution in [3.8, 4) is 0 Å². The third-order valence-electron chi connectivity index (χ3n) is 3.52. The van der Waals surface area contributed by atoms with E-state index < -0.39 is 0 Å². The van der Waals surface area contributed by atoms with E-state index in [1.165, 1.54) is 6.20 Å². The van der Waals surface area contributed by atoms with E-state index in [1.807, 2.05) is 12.1 Å². The minimum atomic E-state index is -0.175. The number of hydrogen-bond donors (Lipinski definition) is 1. The summed E-state index contributed by atoms with van der Waals surface area (Å²) >= 11 is 5.71. The van der Waals surface area contributed by atoms with E-state index in [1.54, 1.807) is 18.3 Å². The van der Waals surface area contributed by atoms with E-state index in [0.29, 0.717) is 23.7 Å². The van der Waals surface area contributed by atoms with Gasteiger partial charge >= 0.3 is 0 Å². The van der Waals surface area contributed by atoms with Gasteiger partial charge in [-0.3, -0.25) is 4.79 Å². The first-order valence-electron chi connectivity index (χ1n) is 7.39. The van der Waals surface area contributed by atoms with Crippen molar-refractivity contribution in [1.29, 1.82) is 0 Å². The van der Waals surface area contributed by atoms with Crippen LogP contribution in [0.3, 0.4) is 0 Å². The molecule has 6 nitrogen and oxygen atoms in total. The number of carbonyl (C=O) groups excluding carboxylic acids is 1. The summed E-state index contributed by atoms with van der Waals surface area (Å²) in [5.41, 5.74) is 2.23. The van der Waals surface area contributed by atoms with E-state index >= 15 is 0 Å². The Hall–Kier alpha value is -2.47. The largest absolute Gasteiger partial charge is 0.352 e. The Morgan fingerprint density at radius 2 is 2.17 bits per heavy atom. The van der Waals surface area contributed by atoms with Gasteiger partial charge in [0.25, 0.3) is 5.91 Å². The topological polar surface area (TPSA) is 72.7 Å². The molecular weight excluding hydrogens is 314 g/mol. The maximum absolute atomic E-state index is 12.0. The van der Waals surface area contributed by atoms with Crippen molar-refractivity contribution in [2.24, 2.45) is 0 Å². The zero-order chi connectivity index (χ0) is 16.2. The zero-order valence-electron chi connectivity index (χ0n) is 12.7. The molecule has 0 spiro atoms. The van der Waals surface area contributed by atoms with Gasteiger partial charge in [-0.05, 0) is 31.2 Å². The standard InChI is InChI=1S/C16H16ClN5O/c1-2-22-14(21-12-4-3-8-18-15(12)22)7-9-19-16(23)11-5-6-13(17)20-10-11/h3-6,8,10H,2,7,9H2,1H3,(H,19,23). The number of carbonyl (C=O) groups is 1. The van der Waals surface area contributed by atoms with Gasteiger partial charge in [-0.1, -0.05) is 11.6 Å². The molecule has 0 saturated heterocycles. The Bertz CT molecular complexity index is 828. The summed E-state index contributed by atoms with van der Waals surface area (Å²) in [6.45, 7) is 3.33. The van der Waals surface area contributed by atoms with Crippen LogP contribution in [0.2, 0.25) is 5.15 Å². The number of nitrogens with one attached hydrogen (secondary N) is 1. The summed E-state index contributed by atoms with van der Waals surface area (Å²) in [5.74, 6) is 0.738. The number of rotatable bonds is 5. The maximum atomic E-state index is 12.0. The van der Waals surface area contributed by atoms with Crippen LogP contribution >= 0.6 is 11.6 Å². The van der Waals surface area contributed by atoms with Crippen molar-refractivity contribution >= 4 is 28.7 Å². The maximum Gasteiger partial charge on any atom is 0.252 e. The first-order valence-corrected chi connectivity index (χ1v) is 7.76. The second kappa shape index (κ2) is 6.75. The predicted molar refractivity (Wildman–Crippen MR) is 88.5 cm³/mol. The molecule has 1 amide bonds. The molecule has 0 aliphatic carbocycles. The molecule has 0 radical (unpaired) electrons. The molecule has 0 unspecified atom stereocenters. The molecular formula is C16H16ClN5O. The van der Waals surface area contributed by atoms with Crippen LogP contribution in [-0.4, -0.2) is 32.0 Å². The van der Waals surface area contributed by atoms with Crippen LogP contribution in [0.5, 0.6) is 0 Å². The van der Waals surface area contributed by atoms with Crippen LogP contribution < -0.4 is 5.32 Å². The summed E-state index contributed by atoms with van der Waals surface area (Å²) in [7, 11) is 0. The number of halogens is 1. The van der Waals surface area contributed by atoms with E-state index in [2.05, 4.69) is 31.8 Å². The summed E-state index contributed by atoms with van der Waals surface area (Å²) in [6.07, 6.45) is 3.86. The monoisotopic (exact) mass is 329 g/mol. The smallest absolute Gasteiger partial charge is 0.252 e. The number of aryl methyl sites for hydroxylation is 1. The molecule has 1 N–H and O–H groups in total. The van der Waals surface area contributed by atoms with Gasteiger partial charge in [-0.25, -0.2) is 15.0 Å². The number of pyridine rings is 2. The Morgan fingerprint density at radius 1 is 1.30 bits per heavy atom. The van der Waals surface area contributed by atoms with Crippen molar-refractivity contribution in [1.82, 2.24) is 24.8 Å². The molecule has 3 aromatic heterocycles. The molecule has 3 heterocycles. The van der Waals surface area contributed by atoms with Crippen LogP contribution in [0.25, 0.3) is 11.2 Å².